The Hall–Kier alpha value is -2.70. The number of hydrogen-bond donors (Lipinski definition) is 9. The van der Waals surface area contributed by atoms with Gasteiger partial charge in [-0.05, 0) is 32.1 Å². The largest absolute Gasteiger partial charge is 0.481 e. The predicted molar refractivity (Wildman–Crippen MR) is 265 cm³/mol. The van der Waals surface area contributed by atoms with Crippen molar-refractivity contribution in [2.45, 2.75) is 173 Å². The number of allylic oxidation sites excluding steroid dienone is 2. The number of nitrogens with zero attached hydrogens (tertiary/aromatic N) is 4. The van der Waals surface area contributed by atoms with Gasteiger partial charge < -0.3 is 50.9 Å². The summed E-state index contributed by atoms with van der Waals surface area (Å²) in [5, 5.41) is 26.7. The molecule has 0 bridgehead atoms. The van der Waals surface area contributed by atoms with E-state index in [1.807, 2.05) is 0 Å². The number of imidazole rings is 1. The lowest BCUT2D eigenvalue weighted by atomic mass is 9.87. The van der Waals surface area contributed by atoms with Crippen LogP contribution < -0.4 is 16.4 Å². The fraction of sp³-hybridized carbons (Fsp3) is 0.767. The van der Waals surface area contributed by atoms with Crippen molar-refractivity contribution in [3.05, 3.63) is 24.8 Å². The van der Waals surface area contributed by atoms with Gasteiger partial charge in [0, 0.05) is 37.1 Å². The molecule has 71 heavy (non-hydrogen) atoms. The van der Waals surface area contributed by atoms with Crippen molar-refractivity contribution in [1.82, 2.24) is 30.2 Å². The van der Waals surface area contributed by atoms with Crippen molar-refractivity contribution in [3.63, 3.8) is 0 Å². The maximum Gasteiger partial charge on any atom is 0.481 e. The number of thioether (sulfide) groups is 1. The van der Waals surface area contributed by atoms with E-state index in [9.17, 15) is 57.9 Å². The molecule has 1 aliphatic heterocycles. The number of ether oxygens (including phenoxy) is 1. The molecule has 406 valence electrons. The van der Waals surface area contributed by atoms with Gasteiger partial charge in [0.2, 0.25) is 11.8 Å². The Labute approximate surface area is 419 Å². The number of nitrogens with two attached hydrogens (primary N) is 1. The van der Waals surface area contributed by atoms with Gasteiger partial charge in [-0.2, -0.15) is 4.31 Å². The van der Waals surface area contributed by atoms with Crippen molar-refractivity contribution in [1.29, 1.82) is 0 Å². The van der Waals surface area contributed by atoms with E-state index in [0.717, 1.165) is 48.2 Å². The molecular weight excluding hydrogens is 1010 g/mol. The lowest BCUT2D eigenvalue weighted by molar-refractivity contribution is -0.137. The molecule has 1 fully saturated rings. The SMILES string of the molecule is CCCCCCCC/C=C/CCCCCCCCCCCC(=O)SCCNC(=O)CCNC(=O)[C@H](O)C(C)(C)COP(=O)(O)OP(=O)(O)OC[C@H]1O[C@@H](n2cnc3c(N)ncnc32)[C@H](O)[C@@H]1OP(=O)(O)O. The van der Waals surface area contributed by atoms with Gasteiger partial charge in [-0.15, -0.1) is 0 Å². The van der Waals surface area contributed by atoms with E-state index in [0.29, 0.717) is 12.2 Å². The van der Waals surface area contributed by atoms with E-state index < -0.39 is 84.6 Å². The summed E-state index contributed by atoms with van der Waals surface area (Å²) >= 11 is 1.16. The van der Waals surface area contributed by atoms with E-state index in [1.54, 1.807) is 0 Å². The number of fused-ring (bicyclic) bond motifs is 1. The summed E-state index contributed by atoms with van der Waals surface area (Å²) in [4.78, 5) is 88.5. The highest BCUT2D eigenvalue weighted by molar-refractivity contribution is 8.13. The highest BCUT2D eigenvalue weighted by Gasteiger charge is 2.50. The number of anilines is 1. The molecule has 0 saturated carbocycles. The number of rotatable bonds is 38. The van der Waals surface area contributed by atoms with Gasteiger partial charge in [0.05, 0.1) is 19.5 Å². The first-order valence-electron chi connectivity index (χ1n) is 24.3. The van der Waals surface area contributed by atoms with Crippen LogP contribution in [0.3, 0.4) is 0 Å². The molecule has 0 spiro atoms. The predicted octanol–water partition coefficient (Wildman–Crippen LogP) is 6.26. The molecule has 28 heteroatoms. The summed E-state index contributed by atoms with van der Waals surface area (Å²) in [7, 11) is -16.4. The maximum atomic E-state index is 12.8. The quantitative estimate of drug-likeness (QED) is 0.0203. The average Bonchev–Trinajstić information content (AvgIpc) is 3.86. The fourth-order valence-electron chi connectivity index (χ4n) is 7.41. The molecular formula is C43H76N7O17P3S. The van der Waals surface area contributed by atoms with Gasteiger partial charge in [-0.1, -0.05) is 122 Å². The smallest absolute Gasteiger partial charge is 0.386 e. The van der Waals surface area contributed by atoms with Crippen LogP contribution in [-0.2, 0) is 50.7 Å². The van der Waals surface area contributed by atoms with Crippen LogP contribution >= 0.6 is 35.2 Å². The van der Waals surface area contributed by atoms with E-state index in [2.05, 4.69) is 53.5 Å². The second kappa shape index (κ2) is 31.9. The first-order valence-corrected chi connectivity index (χ1v) is 29.8. The standard InChI is InChI=1S/C43H76N7O17P3S/c1-4-5-6-7-8-9-10-11-12-13-14-15-16-17-18-19-20-21-22-23-34(52)71-27-26-45-33(51)24-25-46-41(55)38(54)43(2,3)29-64-70(61,62)67-69(59,60)63-28-32-37(66-68(56,57)58)36(53)42(65-32)50-31-49-35-39(44)47-30-48-40(35)50/h11-12,30-32,36-38,42,53-54H,4-10,13-29H2,1-3H3,(H,45,51)(H,46,55)(H,59,60)(H,61,62)(H2,44,47,48)(H2,56,57,58)/b12-11+/t32-,36-,37-,38+,42-/m1/s1. The average molecular weight is 1090 g/mol. The number of amides is 2. The zero-order valence-electron chi connectivity index (χ0n) is 41.0. The summed E-state index contributed by atoms with van der Waals surface area (Å²) in [6.45, 7) is 2.82. The zero-order valence-corrected chi connectivity index (χ0v) is 44.5. The molecule has 24 nitrogen and oxygen atoms in total. The molecule has 3 rings (SSSR count). The molecule has 0 radical (unpaired) electrons. The van der Waals surface area contributed by atoms with E-state index >= 15 is 0 Å². The number of aliphatic hydroxyl groups is 2. The first kappa shape index (κ1) is 62.6. The number of nitrogen functional groups attached to an aromatic ring is 1. The van der Waals surface area contributed by atoms with Gasteiger partial charge >= 0.3 is 23.5 Å². The molecule has 1 aliphatic rings. The molecule has 2 amide bonds. The van der Waals surface area contributed by atoms with Crippen LogP contribution in [0.15, 0.2) is 24.8 Å². The molecule has 0 aromatic carbocycles. The van der Waals surface area contributed by atoms with Gasteiger partial charge in [-0.3, -0.25) is 32.5 Å². The molecule has 0 aliphatic carbocycles. The van der Waals surface area contributed by atoms with Gasteiger partial charge in [0.25, 0.3) is 0 Å². The fourth-order valence-corrected chi connectivity index (χ4v) is 11.0. The van der Waals surface area contributed by atoms with Crippen molar-refractivity contribution in [2.75, 3.05) is 37.8 Å². The third-order valence-electron chi connectivity index (χ3n) is 11.4. The summed E-state index contributed by atoms with van der Waals surface area (Å²) < 4.78 is 62.5. The van der Waals surface area contributed by atoms with Crippen LogP contribution in [0.25, 0.3) is 11.2 Å². The number of aromatic nitrogens is 4. The van der Waals surface area contributed by atoms with E-state index in [-0.39, 0.29) is 41.6 Å². The van der Waals surface area contributed by atoms with Gasteiger partial charge in [0.15, 0.2) is 22.8 Å². The van der Waals surface area contributed by atoms with Crippen molar-refractivity contribution in [3.8, 4) is 0 Å². The van der Waals surface area contributed by atoms with E-state index in [1.165, 1.54) is 104 Å². The van der Waals surface area contributed by atoms with Crippen molar-refractivity contribution >= 4 is 69.1 Å². The highest BCUT2D eigenvalue weighted by Crippen LogP contribution is 2.61. The Morgan fingerprint density at radius 3 is 2.06 bits per heavy atom. The van der Waals surface area contributed by atoms with Crippen molar-refractivity contribution in [2.24, 2.45) is 5.41 Å². The second-order valence-electron chi connectivity index (χ2n) is 18.0. The minimum atomic E-state index is -5.58. The number of phosphoric ester groups is 3. The minimum absolute atomic E-state index is 0.0337. The van der Waals surface area contributed by atoms with Gasteiger partial charge in [0.1, 0.15) is 36.3 Å². The lowest BCUT2D eigenvalue weighted by Gasteiger charge is -2.30. The number of nitrogens with one attached hydrogen (secondary N) is 2. The summed E-state index contributed by atoms with van der Waals surface area (Å²) in [5.41, 5.74) is 4.29. The Bertz CT molecular complexity index is 2120. The molecule has 7 atom stereocenters. The first-order chi connectivity index (χ1) is 33.6. The Morgan fingerprint density at radius 2 is 1.44 bits per heavy atom. The monoisotopic (exact) mass is 1090 g/mol. The van der Waals surface area contributed by atoms with Crippen LogP contribution in [0.4, 0.5) is 5.82 Å². The van der Waals surface area contributed by atoms with Gasteiger partial charge in [-0.25, -0.2) is 28.6 Å². The normalized spacial score (nSPS) is 19.7. The van der Waals surface area contributed by atoms with Crippen LogP contribution in [0.5, 0.6) is 0 Å². The Balaban J connectivity index is 1.25. The molecule has 10 N–H and O–H groups in total. The second-order valence-corrected chi connectivity index (χ2v) is 23.4. The lowest BCUT2D eigenvalue weighted by Crippen LogP contribution is -2.46. The van der Waals surface area contributed by atoms with Crippen molar-refractivity contribution < 1.29 is 80.5 Å². The zero-order chi connectivity index (χ0) is 52.5. The molecule has 2 aromatic heterocycles. The highest BCUT2D eigenvalue weighted by atomic mass is 32.2. The Kier molecular flexibility index (Phi) is 28.1. The number of carbonyl (C=O) groups is 3. The third kappa shape index (κ3) is 24.5. The van der Waals surface area contributed by atoms with E-state index in [4.69, 9.17) is 19.5 Å². The van der Waals surface area contributed by atoms with Crippen LogP contribution in [0, 0.1) is 5.41 Å². The van der Waals surface area contributed by atoms with Crippen LogP contribution in [0.2, 0.25) is 0 Å². The van der Waals surface area contributed by atoms with Crippen LogP contribution in [-0.4, -0.2) is 123 Å². The number of carbonyl (C=O) groups excluding carboxylic acids is 3. The molecule has 2 aromatic rings. The topological polar surface area (TPSA) is 364 Å². The summed E-state index contributed by atoms with van der Waals surface area (Å²) in [5.74, 6) is -1.02. The molecule has 2 unspecified atom stereocenters. The number of aliphatic hydroxyl groups excluding tert-OH is 2. The number of hydrogen-bond acceptors (Lipinski definition) is 18. The minimum Gasteiger partial charge on any atom is -0.386 e. The molecule has 3 heterocycles. The van der Waals surface area contributed by atoms with Crippen LogP contribution in [0.1, 0.15) is 149 Å². The summed E-state index contributed by atoms with van der Waals surface area (Å²) in [6, 6.07) is 0. The number of phosphoric acid groups is 3. The third-order valence-corrected chi connectivity index (χ3v) is 15.4. The number of unbranched alkanes of at least 4 members (excludes halogenated alkanes) is 15. The Morgan fingerprint density at radius 1 is 0.845 bits per heavy atom. The maximum absolute atomic E-state index is 12.8. The molecule has 1 saturated heterocycles. The summed E-state index contributed by atoms with van der Waals surface area (Å²) in [6.07, 6.45) is 19.1.